The van der Waals surface area contributed by atoms with Gasteiger partial charge in [-0.1, -0.05) is 29.8 Å². The first kappa shape index (κ1) is 15.3. The summed E-state index contributed by atoms with van der Waals surface area (Å²) in [5.74, 6) is -0.0231. The van der Waals surface area contributed by atoms with Crippen molar-refractivity contribution in [3.8, 4) is 0 Å². The van der Waals surface area contributed by atoms with Gasteiger partial charge in [-0.2, -0.15) is 0 Å². The highest BCUT2D eigenvalue weighted by Gasteiger charge is 2.09. The maximum Gasteiger partial charge on any atom is 0.251 e. The van der Waals surface area contributed by atoms with Crippen LogP contribution in [0.2, 0.25) is 5.15 Å². The zero-order valence-electron chi connectivity index (χ0n) is 11.5. The number of halogens is 2. The monoisotopic (exact) mass is 307 g/mol. The second kappa shape index (κ2) is 7.04. The average molecular weight is 308 g/mol. The van der Waals surface area contributed by atoms with Gasteiger partial charge < -0.3 is 10.6 Å². The molecule has 0 aliphatic heterocycles. The predicted molar refractivity (Wildman–Crippen MR) is 81.2 cm³/mol. The minimum atomic E-state index is -0.271. The Labute approximate surface area is 127 Å². The van der Waals surface area contributed by atoms with Crippen LogP contribution in [0.1, 0.15) is 15.9 Å². The van der Waals surface area contributed by atoms with Crippen LogP contribution in [0, 0.1) is 5.82 Å². The van der Waals surface area contributed by atoms with Crippen molar-refractivity contribution in [3.63, 3.8) is 0 Å². The lowest BCUT2D eigenvalue weighted by Crippen LogP contribution is -2.26. The molecule has 4 nitrogen and oxygen atoms in total. The van der Waals surface area contributed by atoms with Crippen LogP contribution < -0.4 is 10.6 Å². The molecule has 0 bridgehead atoms. The number of aromatic nitrogens is 1. The molecule has 6 heteroatoms. The molecule has 1 aromatic heterocycles. The molecule has 0 saturated heterocycles. The van der Waals surface area contributed by atoms with Crippen molar-refractivity contribution in [3.05, 3.63) is 58.5 Å². The van der Waals surface area contributed by atoms with Gasteiger partial charge in [-0.05, 0) is 30.2 Å². The van der Waals surface area contributed by atoms with Gasteiger partial charge in [-0.25, -0.2) is 9.37 Å². The van der Waals surface area contributed by atoms with Crippen LogP contribution in [0.4, 0.5) is 10.2 Å². The first-order valence-corrected chi connectivity index (χ1v) is 6.85. The van der Waals surface area contributed by atoms with Gasteiger partial charge in [0.05, 0.1) is 0 Å². The molecule has 21 heavy (non-hydrogen) atoms. The first-order valence-electron chi connectivity index (χ1n) is 6.47. The van der Waals surface area contributed by atoms with E-state index in [4.69, 9.17) is 11.6 Å². The number of benzene rings is 1. The average Bonchev–Trinajstić information content (AvgIpc) is 2.48. The van der Waals surface area contributed by atoms with Crippen molar-refractivity contribution < 1.29 is 9.18 Å². The van der Waals surface area contributed by atoms with E-state index in [0.717, 1.165) is 0 Å². The Kier molecular flexibility index (Phi) is 5.11. The second-order valence-electron chi connectivity index (χ2n) is 4.41. The molecule has 0 spiro atoms. The highest BCUT2D eigenvalue weighted by atomic mass is 35.5. The number of rotatable bonds is 5. The van der Waals surface area contributed by atoms with Gasteiger partial charge in [0.25, 0.3) is 5.91 Å². The summed E-state index contributed by atoms with van der Waals surface area (Å²) in [5.41, 5.74) is 0.981. The fraction of sp³-hybridized carbons (Fsp3) is 0.200. The van der Waals surface area contributed by atoms with Crippen molar-refractivity contribution in [2.45, 2.75) is 6.42 Å². The van der Waals surface area contributed by atoms with E-state index in [1.807, 2.05) is 0 Å². The van der Waals surface area contributed by atoms with E-state index in [1.165, 1.54) is 12.1 Å². The molecule has 110 valence electrons. The largest absolute Gasteiger partial charge is 0.373 e. The van der Waals surface area contributed by atoms with Crippen molar-refractivity contribution >= 4 is 23.3 Å². The Balaban J connectivity index is 1.96. The molecule has 2 N–H and O–H groups in total. The number of amides is 1. The van der Waals surface area contributed by atoms with Crippen LogP contribution in [0.15, 0.2) is 36.4 Å². The Morgan fingerprint density at radius 3 is 2.81 bits per heavy atom. The summed E-state index contributed by atoms with van der Waals surface area (Å²) < 4.78 is 13.4. The lowest BCUT2D eigenvalue weighted by molar-refractivity contribution is 0.0954. The maximum atomic E-state index is 13.4. The SMILES string of the molecule is CNc1cc(C(=O)NCCc2ccccc2F)cc(Cl)n1. The summed E-state index contributed by atoms with van der Waals surface area (Å²) in [7, 11) is 1.69. The highest BCUT2D eigenvalue weighted by molar-refractivity contribution is 6.29. The van der Waals surface area contributed by atoms with Crippen LogP contribution in [-0.4, -0.2) is 24.5 Å². The molecule has 0 aliphatic rings. The summed E-state index contributed by atoms with van der Waals surface area (Å²) in [6.07, 6.45) is 0.427. The fourth-order valence-electron chi connectivity index (χ4n) is 1.87. The van der Waals surface area contributed by atoms with Crippen LogP contribution in [0.3, 0.4) is 0 Å². The fourth-order valence-corrected chi connectivity index (χ4v) is 2.08. The number of carbonyl (C=O) groups excluding carboxylic acids is 1. The van der Waals surface area contributed by atoms with Gasteiger partial charge in [0.2, 0.25) is 0 Å². The molecule has 2 aromatic rings. The zero-order valence-corrected chi connectivity index (χ0v) is 12.2. The molecule has 0 unspecified atom stereocenters. The van der Waals surface area contributed by atoms with Gasteiger partial charge >= 0.3 is 0 Å². The summed E-state index contributed by atoms with van der Waals surface area (Å²) in [5, 5.41) is 5.80. The molecular weight excluding hydrogens is 293 g/mol. The molecule has 0 fully saturated rings. The highest BCUT2D eigenvalue weighted by Crippen LogP contribution is 2.14. The Bertz CT molecular complexity index is 649. The van der Waals surface area contributed by atoms with E-state index in [2.05, 4.69) is 15.6 Å². The molecule has 1 heterocycles. The van der Waals surface area contributed by atoms with E-state index in [1.54, 1.807) is 31.3 Å². The number of pyridine rings is 1. The maximum absolute atomic E-state index is 13.4. The van der Waals surface area contributed by atoms with Crippen molar-refractivity contribution in [2.24, 2.45) is 0 Å². The second-order valence-corrected chi connectivity index (χ2v) is 4.80. The van der Waals surface area contributed by atoms with Crippen molar-refractivity contribution in [2.75, 3.05) is 18.9 Å². The van der Waals surface area contributed by atoms with Gasteiger partial charge in [0, 0.05) is 19.2 Å². The molecule has 0 saturated carbocycles. The lowest BCUT2D eigenvalue weighted by Gasteiger charge is -2.08. The third-order valence-corrected chi connectivity index (χ3v) is 3.14. The summed E-state index contributed by atoms with van der Waals surface area (Å²) in [6, 6.07) is 9.59. The van der Waals surface area contributed by atoms with E-state index in [9.17, 15) is 9.18 Å². The molecule has 0 atom stereocenters. The van der Waals surface area contributed by atoms with Crippen LogP contribution in [0.5, 0.6) is 0 Å². The van der Waals surface area contributed by atoms with Crippen LogP contribution in [-0.2, 0) is 6.42 Å². The number of nitrogens with one attached hydrogen (secondary N) is 2. The molecule has 2 rings (SSSR count). The summed E-state index contributed by atoms with van der Waals surface area (Å²) in [4.78, 5) is 16.0. The molecule has 0 radical (unpaired) electrons. The van der Waals surface area contributed by atoms with E-state index in [0.29, 0.717) is 29.9 Å². The Morgan fingerprint density at radius 2 is 2.10 bits per heavy atom. The number of nitrogens with zero attached hydrogens (tertiary/aromatic N) is 1. The number of carbonyl (C=O) groups is 1. The zero-order chi connectivity index (χ0) is 15.2. The van der Waals surface area contributed by atoms with Gasteiger partial charge in [-0.15, -0.1) is 0 Å². The molecule has 0 aliphatic carbocycles. The standard InChI is InChI=1S/C15H15ClFN3O/c1-18-14-9-11(8-13(16)20-14)15(21)19-7-6-10-4-2-3-5-12(10)17/h2-5,8-9H,6-7H2,1H3,(H,18,20)(H,19,21). The third-order valence-electron chi connectivity index (χ3n) is 2.95. The minimum Gasteiger partial charge on any atom is -0.373 e. The van der Waals surface area contributed by atoms with Crippen LogP contribution >= 0.6 is 11.6 Å². The molecular formula is C15H15ClFN3O. The number of anilines is 1. The summed E-state index contributed by atoms with van der Waals surface area (Å²) in [6.45, 7) is 0.342. The normalized spacial score (nSPS) is 10.2. The quantitative estimate of drug-likeness (QED) is 0.835. The number of hydrogen-bond donors (Lipinski definition) is 2. The Hall–Kier alpha value is -2.14. The van der Waals surface area contributed by atoms with Crippen molar-refractivity contribution in [1.82, 2.24) is 10.3 Å². The minimum absolute atomic E-state index is 0.237. The van der Waals surface area contributed by atoms with Crippen molar-refractivity contribution in [1.29, 1.82) is 0 Å². The van der Waals surface area contributed by atoms with Gasteiger partial charge in [0.15, 0.2) is 0 Å². The summed E-state index contributed by atoms with van der Waals surface area (Å²) >= 11 is 5.84. The predicted octanol–water partition coefficient (Wildman–Crippen LogP) is 2.89. The smallest absolute Gasteiger partial charge is 0.251 e. The number of hydrogen-bond acceptors (Lipinski definition) is 3. The Morgan fingerprint density at radius 1 is 1.33 bits per heavy atom. The van der Waals surface area contributed by atoms with Crippen LogP contribution in [0.25, 0.3) is 0 Å². The lowest BCUT2D eigenvalue weighted by atomic mass is 10.1. The first-order chi connectivity index (χ1) is 10.1. The molecule has 1 aromatic carbocycles. The topological polar surface area (TPSA) is 54.0 Å². The third kappa shape index (κ3) is 4.16. The van der Waals surface area contributed by atoms with Gasteiger partial charge in [-0.3, -0.25) is 4.79 Å². The van der Waals surface area contributed by atoms with Gasteiger partial charge in [0.1, 0.15) is 16.8 Å². The van der Waals surface area contributed by atoms with E-state index < -0.39 is 0 Å². The van der Waals surface area contributed by atoms with E-state index in [-0.39, 0.29) is 16.9 Å². The van der Waals surface area contributed by atoms with E-state index >= 15 is 0 Å². The molecule has 1 amide bonds.